The lowest BCUT2D eigenvalue weighted by atomic mass is 10.3. The van der Waals surface area contributed by atoms with E-state index in [1.807, 2.05) is 13.0 Å². The molecule has 52 valence electrons. The first kappa shape index (κ1) is 8.34. The monoisotopic (exact) mass is 126 g/mol. The van der Waals surface area contributed by atoms with Gasteiger partial charge in [0.25, 0.3) is 0 Å². The Morgan fingerprint density at radius 1 is 1.33 bits per heavy atom. The summed E-state index contributed by atoms with van der Waals surface area (Å²) in [5, 5.41) is 7.55. The van der Waals surface area contributed by atoms with E-state index in [1.165, 1.54) is 6.42 Å². The zero-order valence-electron chi connectivity index (χ0n) is 6.17. The van der Waals surface area contributed by atoms with E-state index in [2.05, 4.69) is 17.2 Å². The van der Waals surface area contributed by atoms with E-state index < -0.39 is 0 Å². The van der Waals surface area contributed by atoms with Crippen LogP contribution in [0.25, 0.3) is 0 Å². The number of hydrogen-bond donors (Lipinski definition) is 0. The normalized spacial score (nSPS) is 11.8. The minimum Gasteiger partial charge on any atom is -0.190 e. The lowest BCUT2D eigenvalue weighted by Gasteiger charge is -1.79. The van der Waals surface area contributed by atoms with Crippen LogP contribution in [0.1, 0.15) is 26.7 Å². The van der Waals surface area contributed by atoms with Crippen LogP contribution in [-0.4, -0.2) is 6.54 Å². The van der Waals surface area contributed by atoms with Crippen molar-refractivity contribution in [2.24, 2.45) is 10.2 Å². The van der Waals surface area contributed by atoms with Gasteiger partial charge in [0, 0.05) is 6.20 Å². The molecule has 0 fully saturated rings. The van der Waals surface area contributed by atoms with E-state index in [-0.39, 0.29) is 0 Å². The first-order chi connectivity index (χ1) is 4.41. The van der Waals surface area contributed by atoms with Crippen LogP contribution in [0.2, 0.25) is 0 Å². The predicted octanol–water partition coefficient (Wildman–Crippen LogP) is 2.77. The van der Waals surface area contributed by atoms with Crippen LogP contribution in [0.5, 0.6) is 0 Å². The molecule has 0 saturated heterocycles. The molecule has 0 radical (unpaired) electrons. The Morgan fingerprint density at radius 3 is 2.67 bits per heavy atom. The van der Waals surface area contributed by atoms with E-state index in [1.54, 1.807) is 6.20 Å². The average Bonchev–Trinajstić information content (AvgIpc) is 1.89. The molecule has 0 aromatic rings. The number of hydrogen-bond acceptors (Lipinski definition) is 2. The Labute approximate surface area is 56.7 Å². The molecule has 0 spiro atoms. The standard InChI is InChI=1S/C7H14N2/c1-3-5-6-7-9-8-4-2/h6-7H,3-5H2,1-2H3/b7-6+,9-8?. The van der Waals surface area contributed by atoms with Crippen LogP contribution in [0.3, 0.4) is 0 Å². The molecule has 0 aliphatic rings. The molecule has 2 heteroatoms. The van der Waals surface area contributed by atoms with Gasteiger partial charge in [0.15, 0.2) is 0 Å². The molecule has 0 heterocycles. The molecule has 0 amide bonds. The molecule has 9 heavy (non-hydrogen) atoms. The number of azo groups is 1. The van der Waals surface area contributed by atoms with Gasteiger partial charge < -0.3 is 0 Å². The van der Waals surface area contributed by atoms with E-state index in [9.17, 15) is 0 Å². The lowest BCUT2D eigenvalue weighted by molar-refractivity contribution is 0.944. The molecule has 0 bridgehead atoms. The van der Waals surface area contributed by atoms with Gasteiger partial charge in [-0.2, -0.15) is 10.2 Å². The van der Waals surface area contributed by atoms with Gasteiger partial charge in [-0.1, -0.05) is 19.4 Å². The predicted molar refractivity (Wildman–Crippen MR) is 39.4 cm³/mol. The second kappa shape index (κ2) is 7.34. The van der Waals surface area contributed by atoms with Crippen molar-refractivity contribution >= 4 is 0 Å². The largest absolute Gasteiger partial charge is 0.190 e. The Balaban J connectivity index is 3.13. The topological polar surface area (TPSA) is 24.7 Å². The van der Waals surface area contributed by atoms with Gasteiger partial charge in [0.05, 0.1) is 6.54 Å². The summed E-state index contributed by atoms with van der Waals surface area (Å²) < 4.78 is 0. The van der Waals surface area contributed by atoms with Crippen molar-refractivity contribution in [3.8, 4) is 0 Å². The second-order valence-corrected chi connectivity index (χ2v) is 1.75. The van der Waals surface area contributed by atoms with E-state index in [4.69, 9.17) is 0 Å². The Bertz CT molecular complexity index is 95.1. The molecule has 0 aromatic carbocycles. The fourth-order valence-electron chi connectivity index (χ4n) is 0.417. The van der Waals surface area contributed by atoms with Crippen LogP contribution in [0.4, 0.5) is 0 Å². The van der Waals surface area contributed by atoms with Gasteiger partial charge in [-0.25, -0.2) is 0 Å². The van der Waals surface area contributed by atoms with Gasteiger partial charge in [-0.05, 0) is 13.3 Å². The van der Waals surface area contributed by atoms with Gasteiger partial charge in [0.1, 0.15) is 0 Å². The first-order valence-electron chi connectivity index (χ1n) is 3.43. The smallest absolute Gasteiger partial charge is 0.0574 e. The van der Waals surface area contributed by atoms with Crippen LogP contribution in [-0.2, 0) is 0 Å². The maximum atomic E-state index is 3.78. The van der Waals surface area contributed by atoms with Crippen molar-refractivity contribution in [2.75, 3.05) is 6.54 Å². The van der Waals surface area contributed by atoms with Gasteiger partial charge in [-0.15, -0.1) is 0 Å². The summed E-state index contributed by atoms with van der Waals surface area (Å²) in [7, 11) is 0. The molecule has 2 nitrogen and oxygen atoms in total. The third-order valence-corrected chi connectivity index (χ3v) is 0.850. The summed E-state index contributed by atoms with van der Waals surface area (Å²) in [6.45, 7) is 4.88. The summed E-state index contributed by atoms with van der Waals surface area (Å²) in [4.78, 5) is 0. The van der Waals surface area contributed by atoms with Crippen molar-refractivity contribution in [3.05, 3.63) is 12.3 Å². The Hall–Kier alpha value is -0.660. The SMILES string of the molecule is CCC/C=C/N=NCC. The van der Waals surface area contributed by atoms with E-state index >= 15 is 0 Å². The molecule has 0 aliphatic carbocycles. The van der Waals surface area contributed by atoms with Crippen LogP contribution in [0, 0.1) is 0 Å². The molecule has 0 aliphatic heterocycles. The molecule has 0 aromatic heterocycles. The fraction of sp³-hybridized carbons (Fsp3) is 0.714. The quantitative estimate of drug-likeness (QED) is 0.517. The molecular weight excluding hydrogens is 112 g/mol. The van der Waals surface area contributed by atoms with E-state index in [0.29, 0.717) is 0 Å². The minimum absolute atomic E-state index is 0.774. The maximum Gasteiger partial charge on any atom is 0.0574 e. The Kier molecular flexibility index (Phi) is 6.80. The van der Waals surface area contributed by atoms with Crippen molar-refractivity contribution in [2.45, 2.75) is 26.7 Å². The zero-order valence-corrected chi connectivity index (χ0v) is 6.17. The van der Waals surface area contributed by atoms with Crippen molar-refractivity contribution < 1.29 is 0 Å². The van der Waals surface area contributed by atoms with Crippen molar-refractivity contribution in [1.82, 2.24) is 0 Å². The van der Waals surface area contributed by atoms with Gasteiger partial charge in [-0.3, -0.25) is 0 Å². The number of rotatable bonds is 4. The number of allylic oxidation sites excluding steroid dienone is 1. The highest BCUT2D eigenvalue weighted by Crippen LogP contribution is 1.88. The fourth-order valence-corrected chi connectivity index (χ4v) is 0.417. The van der Waals surface area contributed by atoms with Crippen LogP contribution in [0.15, 0.2) is 22.5 Å². The molecule has 0 unspecified atom stereocenters. The summed E-state index contributed by atoms with van der Waals surface area (Å²) in [5.74, 6) is 0. The molecular formula is C7H14N2. The first-order valence-corrected chi connectivity index (χ1v) is 3.43. The van der Waals surface area contributed by atoms with Crippen molar-refractivity contribution in [3.63, 3.8) is 0 Å². The highest BCUT2D eigenvalue weighted by atomic mass is 15.1. The highest BCUT2D eigenvalue weighted by Gasteiger charge is 1.69. The van der Waals surface area contributed by atoms with Crippen LogP contribution < -0.4 is 0 Å². The molecule has 0 N–H and O–H groups in total. The maximum absolute atomic E-state index is 3.78. The summed E-state index contributed by atoms with van der Waals surface area (Å²) in [5.41, 5.74) is 0. The molecule has 0 rings (SSSR count). The molecule has 0 atom stereocenters. The van der Waals surface area contributed by atoms with Crippen molar-refractivity contribution in [1.29, 1.82) is 0 Å². The minimum atomic E-state index is 0.774. The third kappa shape index (κ3) is 7.34. The second-order valence-electron chi connectivity index (χ2n) is 1.75. The summed E-state index contributed by atoms with van der Waals surface area (Å²) >= 11 is 0. The number of nitrogens with zero attached hydrogens (tertiary/aromatic N) is 2. The van der Waals surface area contributed by atoms with Crippen LogP contribution >= 0.6 is 0 Å². The summed E-state index contributed by atoms with van der Waals surface area (Å²) in [6.07, 6.45) is 6.06. The number of unbranched alkanes of at least 4 members (excludes halogenated alkanes) is 1. The highest BCUT2D eigenvalue weighted by molar-refractivity contribution is 4.76. The third-order valence-electron chi connectivity index (χ3n) is 0.850. The van der Waals surface area contributed by atoms with Gasteiger partial charge >= 0.3 is 0 Å². The zero-order chi connectivity index (χ0) is 6.95. The lowest BCUT2D eigenvalue weighted by Crippen LogP contribution is -1.61. The van der Waals surface area contributed by atoms with E-state index in [0.717, 1.165) is 13.0 Å². The Morgan fingerprint density at radius 2 is 2.11 bits per heavy atom. The van der Waals surface area contributed by atoms with Gasteiger partial charge in [0.2, 0.25) is 0 Å². The summed E-state index contributed by atoms with van der Waals surface area (Å²) in [6, 6.07) is 0. The average molecular weight is 126 g/mol. The molecule has 0 saturated carbocycles.